The molecule has 4 heteroatoms. The summed E-state index contributed by atoms with van der Waals surface area (Å²) in [6, 6.07) is 0. The fourth-order valence-corrected chi connectivity index (χ4v) is 2.21. The highest BCUT2D eigenvalue weighted by Gasteiger charge is 2.33. The Balaban J connectivity index is 2.29. The minimum atomic E-state index is -0.131. The molecule has 1 heterocycles. The van der Waals surface area contributed by atoms with Crippen molar-refractivity contribution >= 4 is 11.8 Å². The maximum absolute atomic E-state index is 11.7. The van der Waals surface area contributed by atoms with Crippen LogP contribution >= 0.6 is 0 Å². The van der Waals surface area contributed by atoms with Crippen molar-refractivity contribution in [1.29, 1.82) is 0 Å². The predicted octanol–water partition coefficient (Wildman–Crippen LogP) is 1.55. The molecule has 1 aliphatic rings. The Hall–Kier alpha value is -1.06. The van der Waals surface area contributed by atoms with E-state index in [0.29, 0.717) is 19.5 Å². The quantitative estimate of drug-likeness (QED) is 0.686. The van der Waals surface area contributed by atoms with Gasteiger partial charge in [-0.05, 0) is 13.3 Å². The van der Waals surface area contributed by atoms with Crippen molar-refractivity contribution in [1.82, 2.24) is 10.2 Å². The molecular weight excluding hydrogens is 216 g/mol. The van der Waals surface area contributed by atoms with Crippen LogP contribution in [0.2, 0.25) is 0 Å². The largest absolute Gasteiger partial charge is 0.356 e. The number of unbranched alkanes of at least 4 members (excludes halogenated alkanes) is 3. The van der Waals surface area contributed by atoms with Crippen molar-refractivity contribution < 1.29 is 9.59 Å². The van der Waals surface area contributed by atoms with Crippen molar-refractivity contribution in [2.24, 2.45) is 5.92 Å². The fourth-order valence-electron chi connectivity index (χ4n) is 2.21. The van der Waals surface area contributed by atoms with Gasteiger partial charge in [0.15, 0.2) is 0 Å². The molecule has 0 radical (unpaired) electrons. The summed E-state index contributed by atoms with van der Waals surface area (Å²) in [7, 11) is 0. The Morgan fingerprint density at radius 3 is 2.76 bits per heavy atom. The standard InChI is InChI=1S/C13H24N2O2/c1-3-5-6-7-8-15-10-11(9-12(15)16)13(17)14-4-2/h11H,3-10H2,1-2H3,(H,14,17). The molecular formula is C13H24N2O2. The van der Waals surface area contributed by atoms with Gasteiger partial charge in [0.25, 0.3) is 0 Å². The fraction of sp³-hybridized carbons (Fsp3) is 0.846. The van der Waals surface area contributed by atoms with Crippen molar-refractivity contribution in [3.05, 3.63) is 0 Å². The SMILES string of the molecule is CCCCCCN1CC(C(=O)NCC)CC1=O. The van der Waals surface area contributed by atoms with Gasteiger partial charge in [0.2, 0.25) is 11.8 Å². The summed E-state index contributed by atoms with van der Waals surface area (Å²) in [5, 5.41) is 2.79. The first kappa shape index (κ1) is 14.0. The lowest BCUT2D eigenvalue weighted by Gasteiger charge is -2.16. The first-order valence-electron chi connectivity index (χ1n) is 6.74. The second-order valence-corrected chi connectivity index (χ2v) is 4.70. The zero-order valence-corrected chi connectivity index (χ0v) is 11.0. The third kappa shape index (κ3) is 4.36. The van der Waals surface area contributed by atoms with Crippen LogP contribution in [0.25, 0.3) is 0 Å². The monoisotopic (exact) mass is 240 g/mol. The predicted molar refractivity (Wildman–Crippen MR) is 67.5 cm³/mol. The van der Waals surface area contributed by atoms with E-state index < -0.39 is 0 Å². The van der Waals surface area contributed by atoms with Gasteiger partial charge >= 0.3 is 0 Å². The number of carbonyl (C=O) groups excluding carboxylic acids is 2. The van der Waals surface area contributed by atoms with Crippen LogP contribution in [-0.4, -0.2) is 36.3 Å². The van der Waals surface area contributed by atoms with Crippen molar-refractivity contribution in [2.45, 2.75) is 46.0 Å². The molecule has 0 bridgehead atoms. The molecule has 1 aliphatic heterocycles. The first-order valence-corrected chi connectivity index (χ1v) is 6.74. The Bertz CT molecular complexity index is 266. The molecule has 0 aromatic heterocycles. The molecule has 0 aromatic carbocycles. The molecule has 0 spiro atoms. The summed E-state index contributed by atoms with van der Waals surface area (Å²) in [6.45, 7) is 6.13. The minimum absolute atomic E-state index is 0.0249. The maximum atomic E-state index is 11.7. The molecule has 1 atom stereocenters. The smallest absolute Gasteiger partial charge is 0.225 e. The van der Waals surface area contributed by atoms with E-state index in [1.807, 2.05) is 11.8 Å². The number of rotatable bonds is 7. The minimum Gasteiger partial charge on any atom is -0.356 e. The number of amides is 2. The lowest BCUT2D eigenvalue weighted by molar-refractivity contribution is -0.129. The third-order valence-electron chi connectivity index (χ3n) is 3.22. The number of carbonyl (C=O) groups is 2. The van der Waals surface area contributed by atoms with E-state index in [1.165, 1.54) is 19.3 Å². The Labute approximate surface area is 104 Å². The number of likely N-dealkylation sites (tertiary alicyclic amines) is 1. The Kier molecular flexibility index (Phi) is 6.01. The van der Waals surface area contributed by atoms with Crippen molar-refractivity contribution in [2.75, 3.05) is 19.6 Å². The molecule has 17 heavy (non-hydrogen) atoms. The molecule has 0 saturated carbocycles. The molecule has 1 unspecified atom stereocenters. The molecule has 1 saturated heterocycles. The van der Waals surface area contributed by atoms with Crippen LogP contribution in [0, 0.1) is 5.92 Å². The second-order valence-electron chi connectivity index (χ2n) is 4.70. The lowest BCUT2D eigenvalue weighted by atomic mass is 10.1. The molecule has 1 fully saturated rings. The normalized spacial score (nSPS) is 19.8. The molecule has 0 aliphatic carbocycles. The summed E-state index contributed by atoms with van der Waals surface area (Å²) < 4.78 is 0. The van der Waals surface area contributed by atoms with Gasteiger partial charge in [-0.2, -0.15) is 0 Å². The van der Waals surface area contributed by atoms with E-state index >= 15 is 0 Å². The molecule has 1 rings (SSSR count). The van der Waals surface area contributed by atoms with E-state index in [-0.39, 0.29) is 17.7 Å². The van der Waals surface area contributed by atoms with Crippen LogP contribution in [0.15, 0.2) is 0 Å². The summed E-state index contributed by atoms with van der Waals surface area (Å²) in [5.41, 5.74) is 0. The third-order valence-corrected chi connectivity index (χ3v) is 3.22. The zero-order valence-electron chi connectivity index (χ0n) is 11.0. The molecule has 4 nitrogen and oxygen atoms in total. The number of nitrogens with one attached hydrogen (secondary N) is 1. The average molecular weight is 240 g/mol. The lowest BCUT2D eigenvalue weighted by Crippen LogP contribution is -2.33. The number of nitrogens with zero attached hydrogens (tertiary/aromatic N) is 1. The topological polar surface area (TPSA) is 49.4 Å². The van der Waals surface area contributed by atoms with E-state index in [2.05, 4.69) is 12.2 Å². The summed E-state index contributed by atoms with van der Waals surface area (Å²) in [6.07, 6.45) is 5.05. The summed E-state index contributed by atoms with van der Waals surface area (Å²) >= 11 is 0. The summed E-state index contributed by atoms with van der Waals surface area (Å²) in [5.74, 6) is 0.0308. The van der Waals surface area contributed by atoms with Crippen LogP contribution in [0.4, 0.5) is 0 Å². The summed E-state index contributed by atoms with van der Waals surface area (Å²) in [4.78, 5) is 25.2. The molecule has 1 N–H and O–H groups in total. The highest BCUT2D eigenvalue weighted by atomic mass is 16.2. The molecule has 98 valence electrons. The van der Waals surface area contributed by atoms with Gasteiger partial charge in [-0.25, -0.2) is 0 Å². The van der Waals surface area contributed by atoms with Crippen molar-refractivity contribution in [3.63, 3.8) is 0 Å². The highest BCUT2D eigenvalue weighted by molar-refractivity contribution is 5.89. The van der Waals surface area contributed by atoms with Crippen LogP contribution in [0.5, 0.6) is 0 Å². The van der Waals surface area contributed by atoms with E-state index in [4.69, 9.17) is 0 Å². The Morgan fingerprint density at radius 2 is 2.12 bits per heavy atom. The van der Waals surface area contributed by atoms with Crippen LogP contribution in [-0.2, 0) is 9.59 Å². The molecule has 2 amide bonds. The Morgan fingerprint density at radius 1 is 1.35 bits per heavy atom. The van der Waals surface area contributed by atoms with Gasteiger partial charge in [-0.3, -0.25) is 9.59 Å². The molecule has 0 aromatic rings. The van der Waals surface area contributed by atoms with E-state index in [1.54, 1.807) is 0 Å². The van der Waals surface area contributed by atoms with Gasteiger partial charge in [-0.15, -0.1) is 0 Å². The van der Waals surface area contributed by atoms with Gasteiger partial charge in [-0.1, -0.05) is 26.2 Å². The van der Waals surface area contributed by atoms with Crippen LogP contribution < -0.4 is 5.32 Å². The van der Waals surface area contributed by atoms with Gasteiger partial charge < -0.3 is 10.2 Å². The van der Waals surface area contributed by atoms with E-state index in [9.17, 15) is 9.59 Å². The van der Waals surface area contributed by atoms with Crippen LogP contribution in [0.3, 0.4) is 0 Å². The number of hydrogen-bond acceptors (Lipinski definition) is 2. The highest BCUT2D eigenvalue weighted by Crippen LogP contribution is 2.18. The second kappa shape index (κ2) is 7.30. The maximum Gasteiger partial charge on any atom is 0.225 e. The van der Waals surface area contributed by atoms with Crippen molar-refractivity contribution in [3.8, 4) is 0 Å². The van der Waals surface area contributed by atoms with Gasteiger partial charge in [0, 0.05) is 26.1 Å². The van der Waals surface area contributed by atoms with E-state index in [0.717, 1.165) is 13.0 Å². The zero-order chi connectivity index (χ0) is 12.7. The van der Waals surface area contributed by atoms with Gasteiger partial charge in [0.1, 0.15) is 0 Å². The van der Waals surface area contributed by atoms with Crippen LogP contribution in [0.1, 0.15) is 46.0 Å². The number of hydrogen-bond donors (Lipinski definition) is 1. The van der Waals surface area contributed by atoms with Gasteiger partial charge in [0.05, 0.1) is 5.92 Å². The average Bonchev–Trinajstić information content (AvgIpc) is 2.67. The first-order chi connectivity index (χ1) is 8.19.